The highest BCUT2D eigenvalue weighted by molar-refractivity contribution is 9.25. The van der Waals surface area contributed by atoms with Crippen LogP contribution in [-0.4, -0.2) is 0 Å². The van der Waals surface area contributed by atoms with Gasteiger partial charge in [-0.25, -0.2) is 2.95 Å². The Hall–Kier alpha value is 0.940. The minimum Gasteiger partial charge on any atom is -0.241 e. The summed E-state index contributed by atoms with van der Waals surface area (Å²) in [7, 11) is 0. The van der Waals surface area contributed by atoms with Crippen LogP contribution in [0.15, 0.2) is 28.7 Å². The Morgan fingerprint density at radius 1 is 1.09 bits per heavy atom. The zero-order valence-electron chi connectivity index (χ0n) is 5.30. The second kappa shape index (κ2) is 5.56. The molecule has 0 bridgehead atoms. The third-order valence-corrected chi connectivity index (χ3v) is 2.47. The predicted molar refractivity (Wildman–Crippen MR) is 64.8 cm³/mol. The van der Waals surface area contributed by atoms with Crippen molar-refractivity contribution in [2.45, 2.75) is 0 Å². The predicted octanol–water partition coefficient (Wildman–Crippen LogP) is 4.45. The second-order valence-corrected chi connectivity index (χ2v) is 4.91. The highest BCUT2D eigenvalue weighted by atomic mass is 79.9. The number of benzene rings is 1. The van der Waals surface area contributed by atoms with Gasteiger partial charge in [-0.15, -0.1) is 17.0 Å². The monoisotopic (exact) mass is 407 g/mol. The van der Waals surface area contributed by atoms with Gasteiger partial charge in [0.25, 0.3) is 0 Å². The van der Waals surface area contributed by atoms with E-state index < -0.39 is 0 Å². The Bertz CT molecular complexity index is 226. The van der Waals surface area contributed by atoms with Gasteiger partial charge < -0.3 is 0 Å². The van der Waals surface area contributed by atoms with Gasteiger partial charge in [-0.1, -0.05) is 12.1 Å². The van der Waals surface area contributed by atoms with Gasteiger partial charge in [0.2, 0.25) is 0 Å². The molecule has 0 heterocycles. The highest BCUT2D eigenvalue weighted by Gasteiger charge is 2.00. The zero-order chi connectivity index (χ0) is 7.56. The van der Waals surface area contributed by atoms with Gasteiger partial charge in [-0.05, 0) is 28.1 Å². The van der Waals surface area contributed by atoms with Crippen LogP contribution in [0.2, 0.25) is 0 Å². The molecule has 1 nitrogen and oxygen atoms in total. The van der Waals surface area contributed by atoms with Gasteiger partial charge in [0.1, 0.15) is 0 Å². The first-order chi connectivity index (χ1) is 4.72. The van der Waals surface area contributed by atoms with Gasteiger partial charge >= 0.3 is 0 Å². The summed E-state index contributed by atoms with van der Waals surface area (Å²) in [5.41, 5.74) is 1.04. The number of para-hydroxylation sites is 1. The van der Waals surface area contributed by atoms with Crippen molar-refractivity contribution in [2.24, 2.45) is 0 Å². The molecular formula is C6H5Br4N. The van der Waals surface area contributed by atoms with E-state index in [0.717, 1.165) is 10.2 Å². The molecule has 0 unspecified atom stereocenters. The maximum Gasteiger partial charge on any atom is 0.0737 e. The smallest absolute Gasteiger partial charge is 0.0737 e. The Morgan fingerprint density at radius 2 is 1.64 bits per heavy atom. The van der Waals surface area contributed by atoms with E-state index in [0.29, 0.717) is 0 Å². The molecule has 11 heavy (non-hydrogen) atoms. The average Bonchev–Trinajstić information content (AvgIpc) is 1.88. The largest absolute Gasteiger partial charge is 0.241 e. The first kappa shape index (κ1) is 11.9. The zero-order valence-corrected chi connectivity index (χ0v) is 11.8. The molecule has 0 fully saturated rings. The Kier molecular flexibility index (Phi) is 6.04. The number of hydrogen-bond acceptors (Lipinski definition) is 1. The molecule has 0 N–H and O–H groups in total. The third kappa shape index (κ3) is 3.44. The van der Waals surface area contributed by atoms with E-state index in [1.807, 2.05) is 24.3 Å². The minimum absolute atomic E-state index is 0. The van der Waals surface area contributed by atoms with E-state index in [9.17, 15) is 0 Å². The topological polar surface area (TPSA) is 3.24 Å². The van der Waals surface area contributed by atoms with E-state index in [2.05, 4.69) is 48.2 Å². The van der Waals surface area contributed by atoms with E-state index in [1.165, 1.54) is 0 Å². The summed E-state index contributed by atoms with van der Waals surface area (Å²) in [6, 6.07) is 7.89. The van der Waals surface area contributed by atoms with Crippen LogP contribution in [-0.2, 0) is 0 Å². The summed E-state index contributed by atoms with van der Waals surface area (Å²) in [5, 5.41) is 0. The molecule has 0 aromatic heterocycles. The van der Waals surface area contributed by atoms with Crippen LogP contribution < -0.4 is 2.95 Å². The molecule has 0 saturated heterocycles. The molecule has 0 aliphatic carbocycles. The molecule has 62 valence electrons. The lowest BCUT2D eigenvalue weighted by Gasteiger charge is -2.07. The molecule has 0 saturated carbocycles. The van der Waals surface area contributed by atoms with Crippen molar-refractivity contribution in [2.75, 3.05) is 2.95 Å². The summed E-state index contributed by atoms with van der Waals surface area (Å²) in [4.78, 5) is 0. The standard InChI is InChI=1S/C6H4Br3N.BrH/c7-5-3-1-2-4-6(5)10(8)9;/h1-4H;1H. The van der Waals surface area contributed by atoms with Crippen LogP contribution in [0.4, 0.5) is 5.69 Å². The van der Waals surface area contributed by atoms with Crippen molar-refractivity contribution in [3.8, 4) is 0 Å². The first-order valence-electron chi connectivity index (χ1n) is 2.58. The summed E-state index contributed by atoms with van der Waals surface area (Å²) in [6.45, 7) is 0. The molecule has 5 heteroatoms. The van der Waals surface area contributed by atoms with E-state index in [1.54, 1.807) is 2.95 Å². The number of nitrogens with zero attached hydrogens (tertiary/aromatic N) is 1. The highest BCUT2D eigenvalue weighted by Crippen LogP contribution is 2.29. The lowest BCUT2D eigenvalue weighted by Crippen LogP contribution is -1.89. The molecular weight excluding hydrogens is 406 g/mol. The average molecular weight is 411 g/mol. The van der Waals surface area contributed by atoms with E-state index >= 15 is 0 Å². The Balaban J connectivity index is 0.000001000. The molecule has 0 atom stereocenters. The van der Waals surface area contributed by atoms with E-state index in [-0.39, 0.29) is 17.0 Å². The lowest BCUT2D eigenvalue weighted by molar-refractivity contribution is 1.59. The molecule has 0 aliphatic rings. The summed E-state index contributed by atoms with van der Waals surface area (Å²) >= 11 is 9.90. The molecule has 1 aromatic carbocycles. The minimum atomic E-state index is 0. The second-order valence-electron chi connectivity index (χ2n) is 1.68. The number of rotatable bonds is 1. The van der Waals surface area contributed by atoms with Crippen molar-refractivity contribution in [1.29, 1.82) is 0 Å². The molecule has 1 rings (SSSR count). The summed E-state index contributed by atoms with van der Waals surface area (Å²) in [5.74, 6) is 0. The van der Waals surface area contributed by atoms with Gasteiger partial charge in [0, 0.05) is 4.47 Å². The fourth-order valence-electron chi connectivity index (χ4n) is 0.589. The number of anilines is 1. The van der Waals surface area contributed by atoms with Crippen molar-refractivity contribution in [1.82, 2.24) is 0 Å². The quantitative estimate of drug-likeness (QED) is 0.618. The maximum atomic E-state index is 3.40. The normalized spacial score (nSPS) is 8.64. The third-order valence-electron chi connectivity index (χ3n) is 1.03. The summed E-state index contributed by atoms with van der Waals surface area (Å²) in [6.07, 6.45) is 0. The Morgan fingerprint density at radius 3 is 2.00 bits per heavy atom. The first-order valence-corrected chi connectivity index (χ1v) is 4.79. The van der Waals surface area contributed by atoms with Crippen molar-refractivity contribution >= 4 is 70.9 Å². The number of halogens is 4. The van der Waals surface area contributed by atoms with Crippen molar-refractivity contribution in [3.05, 3.63) is 28.7 Å². The molecule has 0 aliphatic heterocycles. The van der Waals surface area contributed by atoms with Crippen LogP contribution in [0, 0.1) is 0 Å². The fraction of sp³-hybridized carbons (Fsp3) is 0. The van der Waals surface area contributed by atoms with Crippen LogP contribution in [0.3, 0.4) is 0 Å². The molecule has 0 amide bonds. The van der Waals surface area contributed by atoms with Crippen LogP contribution >= 0.6 is 65.2 Å². The fourth-order valence-corrected chi connectivity index (χ4v) is 2.15. The van der Waals surface area contributed by atoms with Crippen molar-refractivity contribution in [3.63, 3.8) is 0 Å². The van der Waals surface area contributed by atoms with Crippen LogP contribution in [0.25, 0.3) is 0 Å². The molecule has 0 spiro atoms. The van der Waals surface area contributed by atoms with Gasteiger partial charge in [-0.2, -0.15) is 0 Å². The Labute approximate surface area is 102 Å². The number of hydrogen-bond donors (Lipinski definition) is 0. The van der Waals surface area contributed by atoms with Gasteiger partial charge in [0.15, 0.2) is 0 Å². The van der Waals surface area contributed by atoms with Gasteiger partial charge in [0.05, 0.1) is 38.0 Å². The van der Waals surface area contributed by atoms with Crippen molar-refractivity contribution < 1.29 is 0 Å². The molecule has 0 radical (unpaired) electrons. The SMILES string of the molecule is Br.Brc1ccccc1N(Br)Br. The van der Waals surface area contributed by atoms with Gasteiger partial charge in [-0.3, -0.25) is 0 Å². The molecule has 1 aromatic rings. The maximum absolute atomic E-state index is 3.40. The van der Waals surface area contributed by atoms with Crippen LogP contribution in [0.1, 0.15) is 0 Å². The lowest BCUT2D eigenvalue weighted by atomic mass is 10.3. The summed E-state index contributed by atoms with van der Waals surface area (Å²) < 4.78 is 2.74. The van der Waals surface area contributed by atoms with E-state index in [4.69, 9.17) is 0 Å². The van der Waals surface area contributed by atoms with Crippen LogP contribution in [0.5, 0.6) is 0 Å².